The zero-order valence-electron chi connectivity index (χ0n) is 12.4. The minimum Gasteiger partial charge on any atom is -0.342 e. The Kier molecular flexibility index (Phi) is 4.20. The van der Waals surface area contributed by atoms with Gasteiger partial charge >= 0.3 is 0 Å². The zero-order valence-corrected chi connectivity index (χ0v) is 12.4. The Balaban J connectivity index is 1.90. The van der Waals surface area contributed by atoms with Crippen molar-refractivity contribution in [1.29, 1.82) is 0 Å². The molecule has 0 unspecified atom stereocenters. The van der Waals surface area contributed by atoms with Crippen LogP contribution in [-0.4, -0.2) is 23.9 Å². The third-order valence-corrected chi connectivity index (χ3v) is 3.78. The lowest BCUT2D eigenvalue weighted by Gasteiger charge is -2.21. The van der Waals surface area contributed by atoms with Gasteiger partial charge in [0.15, 0.2) is 0 Å². The van der Waals surface area contributed by atoms with Gasteiger partial charge in [-0.25, -0.2) is 4.99 Å². The van der Waals surface area contributed by atoms with Gasteiger partial charge in [0.2, 0.25) is 5.96 Å². The van der Waals surface area contributed by atoms with Gasteiger partial charge in [0.1, 0.15) is 0 Å². The molecule has 1 aliphatic rings. The number of aryl methyl sites for hydroxylation is 1. The van der Waals surface area contributed by atoms with Crippen molar-refractivity contribution in [1.82, 2.24) is 4.90 Å². The number of hydrogen-bond donors (Lipinski definition) is 1. The van der Waals surface area contributed by atoms with Crippen molar-refractivity contribution < 1.29 is 0 Å². The fourth-order valence-corrected chi connectivity index (χ4v) is 2.56. The standard InChI is InChI=1S/C18H21N3/c1-15-9-5-6-12-17(15)20-18(21-13-7-8-14-21)19-16-10-3-2-4-11-16/h2-6,9-12H,7-8,13-14H2,1H3,(H,19,20). The third kappa shape index (κ3) is 3.43. The molecule has 0 amide bonds. The molecule has 2 aromatic rings. The predicted octanol–water partition coefficient (Wildman–Crippen LogP) is 4.19. The molecule has 3 rings (SSSR count). The number of nitrogens with one attached hydrogen (secondary N) is 1. The van der Waals surface area contributed by atoms with E-state index in [0.717, 1.165) is 30.4 Å². The molecule has 1 N–H and O–H groups in total. The number of nitrogens with zero attached hydrogens (tertiary/aromatic N) is 2. The Morgan fingerprint density at radius 1 is 0.952 bits per heavy atom. The quantitative estimate of drug-likeness (QED) is 0.659. The van der Waals surface area contributed by atoms with E-state index >= 15 is 0 Å². The molecule has 1 heterocycles. The normalized spacial score (nSPS) is 15.3. The summed E-state index contributed by atoms with van der Waals surface area (Å²) in [5.41, 5.74) is 3.31. The van der Waals surface area contributed by atoms with E-state index in [0.29, 0.717) is 0 Å². The van der Waals surface area contributed by atoms with Crippen LogP contribution in [0.25, 0.3) is 0 Å². The van der Waals surface area contributed by atoms with E-state index in [1.165, 1.54) is 18.4 Å². The van der Waals surface area contributed by atoms with Crippen LogP contribution in [0, 0.1) is 6.92 Å². The number of benzene rings is 2. The van der Waals surface area contributed by atoms with Gasteiger partial charge in [0, 0.05) is 18.8 Å². The Morgan fingerprint density at radius 3 is 2.33 bits per heavy atom. The van der Waals surface area contributed by atoms with Crippen LogP contribution in [0.4, 0.5) is 11.4 Å². The lowest BCUT2D eigenvalue weighted by Crippen LogP contribution is -2.33. The average Bonchev–Trinajstić information content (AvgIpc) is 3.04. The molecule has 0 bridgehead atoms. The van der Waals surface area contributed by atoms with E-state index in [9.17, 15) is 0 Å². The lowest BCUT2D eigenvalue weighted by atomic mass is 10.2. The molecule has 0 aliphatic carbocycles. The molecule has 0 aromatic heterocycles. The molecule has 3 nitrogen and oxygen atoms in total. The van der Waals surface area contributed by atoms with Crippen molar-refractivity contribution in [2.45, 2.75) is 19.8 Å². The Morgan fingerprint density at radius 2 is 1.62 bits per heavy atom. The van der Waals surface area contributed by atoms with Crippen molar-refractivity contribution in [2.24, 2.45) is 4.99 Å². The smallest absolute Gasteiger partial charge is 0.203 e. The first-order valence-electron chi connectivity index (χ1n) is 7.54. The number of guanidine groups is 1. The summed E-state index contributed by atoms with van der Waals surface area (Å²) in [4.78, 5) is 7.20. The topological polar surface area (TPSA) is 27.6 Å². The first-order chi connectivity index (χ1) is 10.3. The number of anilines is 1. The van der Waals surface area contributed by atoms with Gasteiger partial charge < -0.3 is 10.2 Å². The third-order valence-electron chi connectivity index (χ3n) is 3.78. The molecule has 108 valence electrons. The zero-order chi connectivity index (χ0) is 14.5. The molecular formula is C18H21N3. The number of rotatable bonds is 2. The van der Waals surface area contributed by atoms with E-state index in [4.69, 9.17) is 4.99 Å². The first-order valence-corrected chi connectivity index (χ1v) is 7.54. The van der Waals surface area contributed by atoms with Crippen LogP contribution >= 0.6 is 0 Å². The van der Waals surface area contributed by atoms with E-state index in [2.05, 4.69) is 47.5 Å². The van der Waals surface area contributed by atoms with Crippen LogP contribution in [0.1, 0.15) is 18.4 Å². The molecule has 0 saturated carbocycles. The molecular weight excluding hydrogens is 258 g/mol. The van der Waals surface area contributed by atoms with Crippen molar-refractivity contribution in [3.05, 3.63) is 60.2 Å². The Labute approximate surface area is 126 Å². The summed E-state index contributed by atoms with van der Waals surface area (Å²) in [7, 11) is 0. The fourth-order valence-electron chi connectivity index (χ4n) is 2.56. The summed E-state index contributed by atoms with van der Waals surface area (Å²) >= 11 is 0. The summed E-state index contributed by atoms with van der Waals surface area (Å²) in [6.07, 6.45) is 2.48. The molecule has 2 aromatic carbocycles. The summed E-state index contributed by atoms with van der Waals surface area (Å²) in [6, 6.07) is 18.5. The van der Waals surface area contributed by atoms with Crippen molar-refractivity contribution in [3.8, 4) is 0 Å². The number of para-hydroxylation sites is 2. The number of hydrogen-bond acceptors (Lipinski definition) is 1. The number of aliphatic imine (C=N–C) groups is 1. The molecule has 0 radical (unpaired) electrons. The van der Waals surface area contributed by atoms with E-state index in [1.54, 1.807) is 0 Å². The summed E-state index contributed by atoms with van der Waals surface area (Å²) in [5.74, 6) is 0.952. The first kappa shape index (κ1) is 13.7. The van der Waals surface area contributed by atoms with Crippen LogP contribution in [0.15, 0.2) is 59.6 Å². The second-order valence-corrected chi connectivity index (χ2v) is 5.41. The highest BCUT2D eigenvalue weighted by atomic mass is 15.3. The maximum Gasteiger partial charge on any atom is 0.203 e. The molecule has 1 saturated heterocycles. The van der Waals surface area contributed by atoms with Crippen LogP contribution < -0.4 is 5.32 Å². The van der Waals surface area contributed by atoms with Crippen molar-refractivity contribution in [2.75, 3.05) is 18.4 Å². The fraction of sp³-hybridized carbons (Fsp3) is 0.278. The highest BCUT2D eigenvalue weighted by Gasteiger charge is 2.16. The minimum atomic E-state index is 0.952. The molecule has 0 atom stereocenters. The van der Waals surface area contributed by atoms with Gasteiger partial charge in [-0.2, -0.15) is 0 Å². The van der Waals surface area contributed by atoms with Crippen LogP contribution in [0.5, 0.6) is 0 Å². The Hall–Kier alpha value is -2.29. The SMILES string of the molecule is Cc1ccccc1N=C(Nc1ccccc1)N1CCCC1. The van der Waals surface area contributed by atoms with Crippen LogP contribution in [0.3, 0.4) is 0 Å². The summed E-state index contributed by atoms with van der Waals surface area (Å²) in [6.45, 7) is 4.25. The van der Waals surface area contributed by atoms with Gasteiger partial charge in [0.25, 0.3) is 0 Å². The van der Waals surface area contributed by atoms with Gasteiger partial charge in [-0.3, -0.25) is 0 Å². The minimum absolute atomic E-state index is 0.952. The van der Waals surface area contributed by atoms with Gasteiger partial charge in [-0.15, -0.1) is 0 Å². The summed E-state index contributed by atoms with van der Waals surface area (Å²) in [5, 5.41) is 3.47. The van der Waals surface area contributed by atoms with Gasteiger partial charge in [0.05, 0.1) is 5.69 Å². The summed E-state index contributed by atoms with van der Waals surface area (Å²) < 4.78 is 0. The van der Waals surface area contributed by atoms with E-state index in [1.807, 2.05) is 24.3 Å². The molecule has 1 aliphatic heterocycles. The molecule has 21 heavy (non-hydrogen) atoms. The highest BCUT2D eigenvalue weighted by Crippen LogP contribution is 2.20. The predicted molar refractivity (Wildman–Crippen MR) is 89.1 cm³/mol. The second-order valence-electron chi connectivity index (χ2n) is 5.41. The monoisotopic (exact) mass is 279 g/mol. The second kappa shape index (κ2) is 6.44. The number of likely N-dealkylation sites (tertiary alicyclic amines) is 1. The van der Waals surface area contributed by atoms with Gasteiger partial charge in [-0.05, 0) is 43.5 Å². The largest absolute Gasteiger partial charge is 0.342 e. The van der Waals surface area contributed by atoms with Crippen LogP contribution in [-0.2, 0) is 0 Å². The molecule has 1 fully saturated rings. The molecule has 3 heteroatoms. The maximum atomic E-state index is 4.87. The highest BCUT2D eigenvalue weighted by molar-refractivity contribution is 5.95. The lowest BCUT2D eigenvalue weighted by molar-refractivity contribution is 0.518. The van der Waals surface area contributed by atoms with Crippen molar-refractivity contribution in [3.63, 3.8) is 0 Å². The van der Waals surface area contributed by atoms with Gasteiger partial charge in [-0.1, -0.05) is 36.4 Å². The average molecular weight is 279 g/mol. The van der Waals surface area contributed by atoms with Crippen LogP contribution in [0.2, 0.25) is 0 Å². The Bertz CT molecular complexity index is 613. The maximum absolute atomic E-state index is 4.87. The van der Waals surface area contributed by atoms with Crippen molar-refractivity contribution >= 4 is 17.3 Å². The molecule has 0 spiro atoms. The van der Waals surface area contributed by atoms with E-state index in [-0.39, 0.29) is 0 Å². The van der Waals surface area contributed by atoms with E-state index < -0.39 is 0 Å².